The van der Waals surface area contributed by atoms with Gasteiger partial charge in [0.05, 0.1) is 3.79 Å². The van der Waals surface area contributed by atoms with Crippen molar-refractivity contribution in [3.8, 4) is 0 Å². The van der Waals surface area contributed by atoms with Gasteiger partial charge in [-0.15, -0.1) is 11.3 Å². The summed E-state index contributed by atoms with van der Waals surface area (Å²) in [6.45, 7) is 5.08. The Bertz CT molecular complexity index is 344. The van der Waals surface area contributed by atoms with E-state index in [1.807, 2.05) is 0 Å². The first-order chi connectivity index (χ1) is 8.16. The molecule has 17 heavy (non-hydrogen) atoms. The fourth-order valence-electron chi connectivity index (χ4n) is 2.12. The van der Waals surface area contributed by atoms with Crippen LogP contribution in [0.25, 0.3) is 0 Å². The molecule has 0 amide bonds. The maximum atomic E-state index is 5.39. The second-order valence-electron chi connectivity index (χ2n) is 4.45. The molecule has 0 aliphatic carbocycles. The largest absolute Gasteiger partial charge is 0.381 e. The van der Waals surface area contributed by atoms with Gasteiger partial charge in [0.25, 0.3) is 0 Å². The zero-order valence-corrected chi connectivity index (χ0v) is 13.8. The van der Waals surface area contributed by atoms with E-state index in [1.165, 1.54) is 21.5 Å². The molecule has 1 unspecified atom stereocenters. The van der Waals surface area contributed by atoms with E-state index in [4.69, 9.17) is 4.74 Å². The van der Waals surface area contributed by atoms with Gasteiger partial charge in [0.15, 0.2) is 0 Å². The number of ether oxygens (including phenoxy) is 1. The van der Waals surface area contributed by atoms with Crippen LogP contribution in [0.15, 0.2) is 14.3 Å². The summed E-state index contributed by atoms with van der Waals surface area (Å²) in [5.41, 5.74) is 0. The monoisotopic (exact) mass is 381 g/mol. The predicted octanol–water partition coefficient (Wildman–Crippen LogP) is 4.18. The molecule has 1 aliphatic heterocycles. The average Bonchev–Trinajstić information content (AvgIpc) is 2.67. The van der Waals surface area contributed by atoms with Crippen LogP contribution in [-0.4, -0.2) is 19.3 Å². The zero-order chi connectivity index (χ0) is 12.3. The lowest BCUT2D eigenvalue weighted by Crippen LogP contribution is -2.36. The molecule has 2 rings (SSSR count). The summed E-state index contributed by atoms with van der Waals surface area (Å²) < 4.78 is 7.72. The highest BCUT2D eigenvalue weighted by molar-refractivity contribution is 9.13. The van der Waals surface area contributed by atoms with Gasteiger partial charge in [-0.2, -0.15) is 0 Å². The Morgan fingerprint density at radius 1 is 1.47 bits per heavy atom. The van der Waals surface area contributed by atoms with E-state index in [-0.39, 0.29) is 0 Å². The van der Waals surface area contributed by atoms with Gasteiger partial charge in [0.2, 0.25) is 0 Å². The molecule has 1 aromatic rings. The Kier molecular flexibility index (Phi) is 5.49. The van der Waals surface area contributed by atoms with Crippen molar-refractivity contribution >= 4 is 43.2 Å². The van der Waals surface area contributed by atoms with E-state index in [0.717, 1.165) is 30.1 Å². The average molecular weight is 383 g/mol. The first-order valence-corrected chi connectivity index (χ1v) is 8.32. The van der Waals surface area contributed by atoms with E-state index in [0.29, 0.717) is 6.04 Å². The maximum absolute atomic E-state index is 5.39. The van der Waals surface area contributed by atoms with E-state index >= 15 is 0 Å². The van der Waals surface area contributed by atoms with E-state index in [9.17, 15) is 0 Å². The molecule has 0 radical (unpaired) electrons. The second-order valence-corrected chi connectivity index (χ2v) is 7.76. The number of hydrogen-bond donors (Lipinski definition) is 1. The van der Waals surface area contributed by atoms with Crippen molar-refractivity contribution in [2.75, 3.05) is 13.2 Å². The Balaban J connectivity index is 1.80. The van der Waals surface area contributed by atoms with Crippen LogP contribution in [0.3, 0.4) is 0 Å². The van der Waals surface area contributed by atoms with Gasteiger partial charge in [0.1, 0.15) is 0 Å². The minimum absolute atomic E-state index is 0.568. The van der Waals surface area contributed by atoms with Gasteiger partial charge in [-0.3, -0.25) is 0 Å². The molecule has 0 bridgehead atoms. The number of thiophene rings is 1. The molecular weight excluding hydrogens is 366 g/mol. The molecule has 1 atom stereocenters. The fourth-order valence-corrected chi connectivity index (χ4v) is 4.25. The summed E-state index contributed by atoms with van der Waals surface area (Å²) in [5, 5.41) is 3.62. The van der Waals surface area contributed by atoms with Crippen LogP contribution in [0.1, 0.15) is 24.6 Å². The number of halogens is 2. The SMILES string of the molecule is CC(NCc1cc(Br)c(Br)s1)C1CCOCC1. The quantitative estimate of drug-likeness (QED) is 0.843. The van der Waals surface area contributed by atoms with Gasteiger partial charge in [-0.1, -0.05) is 0 Å². The minimum atomic E-state index is 0.568. The van der Waals surface area contributed by atoms with Crippen molar-refractivity contribution < 1.29 is 4.74 Å². The zero-order valence-electron chi connectivity index (χ0n) is 9.84. The lowest BCUT2D eigenvalue weighted by Gasteiger charge is -2.28. The lowest BCUT2D eigenvalue weighted by molar-refractivity contribution is 0.0558. The van der Waals surface area contributed by atoms with Crippen molar-refractivity contribution in [2.24, 2.45) is 5.92 Å². The van der Waals surface area contributed by atoms with Crippen LogP contribution in [0.5, 0.6) is 0 Å². The van der Waals surface area contributed by atoms with Crippen LogP contribution in [0.2, 0.25) is 0 Å². The molecule has 96 valence electrons. The molecule has 2 nitrogen and oxygen atoms in total. The van der Waals surface area contributed by atoms with Crippen molar-refractivity contribution in [1.29, 1.82) is 0 Å². The molecule has 1 aromatic heterocycles. The topological polar surface area (TPSA) is 21.3 Å². The molecule has 1 N–H and O–H groups in total. The van der Waals surface area contributed by atoms with Crippen molar-refractivity contribution in [3.63, 3.8) is 0 Å². The summed E-state index contributed by atoms with van der Waals surface area (Å²) in [6, 6.07) is 2.75. The third kappa shape index (κ3) is 4.03. The van der Waals surface area contributed by atoms with E-state index in [1.54, 1.807) is 11.3 Å². The highest BCUT2D eigenvalue weighted by atomic mass is 79.9. The summed E-state index contributed by atoms with van der Waals surface area (Å²) in [7, 11) is 0. The van der Waals surface area contributed by atoms with Gasteiger partial charge in [-0.05, 0) is 63.6 Å². The summed E-state index contributed by atoms with van der Waals surface area (Å²) >= 11 is 8.83. The molecule has 0 spiro atoms. The molecule has 1 aliphatic rings. The number of nitrogens with one attached hydrogen (secondary N) is 1. The normalized spacial score (nSPS) is 19.5. The maximum Gasteiger partial charge on any atom is 0.0843 e. The second kappa shape index (κ2) is 6.66. The lowest BCUT2D eigenvalue weighted by atomic mass is 9.93. The van der Waals surface area contributed by atoms with Gasteiger partial charge in [0, 0.05) is 35.2 Å². The molecule has 5 heteroatoms. The highest BCUT2D eigenvalue weighted by Gasteiger charge is 2.20. The number of hydrogen-bond acceptors (Lipinski definition) is 3. The van der Waals surface area contributed by atoms with Gasteiger partial charge >= 0.3 is 0 Å². The molecule has 1 saturated heterocycles. The number of rotatable bonds is 4. The third-order valence-electron chi connectivity index (χ3n) is 3.27. The Hall–Kier alpha value is 0.580. The predicted molar refractivity (Wildman–Crippen MR) is 79.6 cm³/mol. The van der Waals surface area contributed by atoms with Crippen molar-refractivity contribution in [2.45, 2.75) is 32.4 Å². The smallest absolute Gasteiger partial charge is 0.0843 e. The van der Waals surface area contributed by atoms with E-state index in [2.05, 4.69) is 50.2 Å². The Morgan fingerprint density at radius 3 is 2.76 bits per heavy atom. The standard InChI is InChI=1S/C12H17Br2NOS/c1-8(9-2-4-16-5-3-9)15-7-10-6-11(13)12(14)17-10/h6,8-9,15H,2-5,7H2,1H3. The molecule has 0 saturated carbocycles. The Morgan fingerprint density at radius 2 is 2.18 bits per heavy atom. The minimum Gasteiger partial charge on any atom is -0.381 e. The Labute approximate surface area is 123 Å². The summed E-state index contributed by atoms with van der Waals surface area (Å²) in [5.74, 6) is 0.760. The third-order valence-corrected chi connectivity index (χ3v) is 6.52. The highest BCUT2D eigenvalue weighted by Crippen LogP contribution is 2.32. The summed E-state index contributed by atoms with van der Waals surface area (Å²) in [4.78, 5) is 1.36. The molecule has 1 fully saturated rings. The fraction of sp³-hybridized carbons (Fsp3) is 0.667. The molecule has 0 aromatic carbocycles. The van der Waals surface area contributed by atoms with E-state index < -0.39 is 0 Å². The van der Waals surface area contributed by atoms with Gasteiger partial charge < -0.3 is 10.1 Å². The first-order valence-electron chi connectivity index (χ1n) is 5.91. The van der Waals surface area contributed by atoms with Crippen LogP contribution in [-0.2, 0) is 11.3 Å². The first kappa shape index (κ1) is 14.0. The summed E-state index contributed by atoms with van der Waals surface area (Å²) in [6.07, 6.45) is 2.37. The van der Waals surface area contributed by atoms with Crippen molar-refractivity contribution in [3.05, 3.63) is 19.2 Å². The molecule has 2 heterocycles. The van der Waals surface area contributed by atoms with Crippen LogP contribution in [0.4, 0.5) is 0 Å². The van der Waals surface area contributed by atoms with Crippen molar-refractivity contribution in [1.82, 2.24) is 5.32 Å². The van der Waals surface area contributed by atoms with Gasteiger partial charge in [-0.25, -0.2) is 0 Å². The van der Waals surface area contributed by atoms with Crippen LogP contribution >= 0.6 is 43.2 Å². The van der Waals surface area contributed by atoms with Crippen LogP contribution < -0.4 is 5.32 Å². The van der Waals surface area contributed by atoms with Crippen LogP contribution in [0, 0.1) is 5.92 Å². The molecular formula is C12H17Br2NOS.